The lowest BCUT2D eigenvalue weighted by molar-refractivity contribution is -0.0469. The Morgan fingerprint density at radius 1 is 0.714 bits per heavy atom. The van der Waals surface area contributed by atoms with E-state index in [2.05, 4.69) is 20.0 Å². The Bertz CT molecular complexity index is 208. The SMILES string of the molecule is C1CN2CCNCCN3CCN(C1)C23. The van der Waals surface area contributed by atoms with Crippen LogP contribution in [0, 0.1) is 0 Å². The van der Waals surface area contributed by atoms with E-state index in [0.717, 1.165) is 13.1 Å². The second-order valence-corrected chi connectivity index (χ2v) is 4.56. The highest BCUT2D eigenvalue weighted by atomic mass is 15.6. The maximum Gasteiger partial charge on any atom is 0.119 e. The van der Waals surface area contributed by atoms with Crippen molar-refractivity contribution in [3.63, 3.8) is 0 Å². The highest BCUT2D eigenvalue weighted by Gasteiger charge is 2.38. The number of hydrogen-bond acceptors (Lipinski definition) is 4. The van der Waals surface area contributed by atoms with Crippen LogP contribution < -0.4 is 5.32 Å². The quantitative estimate of drug-likeness (QED) is 0.547. The number of hydrogen-bond donors (Lipinski definition) is 1. The Hall–Kier alpha value is -0.160. The van der Waals surface area contributed by atoms with Gasteiger partial charge < -0.3 is 5.32 Å². The normalized spacial score (nSPS) is 36.4. The highest BCUT2D eigenvalue weighted by molar-refractivity contribution is 4.87. The maximum absolute atomic E-state index is 3.50. The molecule has 3 saturated heterocycles. The molecule has 4 heteroatoms. The summed E-state index contributed by atoms with van der Waals surface area (Å²) in [5.74, 6) is 0. The van der Waals surface area contributed by atoms with Crippen molar-refractivity contribution < 1.29 is 0 Å². The van der Waals surface area contributed by atoms with Crippen LogP contribution in [0.25, 0.3) is 0 Å². The van der Waals surface area contributed by atoms with Gasteiger partial charge in [0.1, 0.15) is 6.29 Å². The first-order valence-electron chi connectivity index (χ1n) is 5.88. The number of nitrogens with one attached hydrogen (secondary N) is 1. The van der Waals surface area contributed by atoms with Gasteiger partial charge in [-0.3, -0.25) is 14.7 Å². The summed E-state index contributed by atoms with van der Waals surface area (Å²) in [6, 6.07) is 0. The van der Waals surface area contributed by atoms with E-state index in [1.807, 2.05) is 0 Å². The van der Waals surface area contributed by atoms with Gasteiger partial charge in [-0.05, 0) is 6.42 Å². The van der Waals surface area contributed by atoms with Gasteiger partial charge in [0.15, 0.2) is 0 Å². The minimum Gasteiger partial charge on any atom is -0.314 e. The molecule has 0 aromatic heterocycles. The fourth-order valence-electron chi connectivity index (χ4n) is 3.03. The summed E-state index contributed by atoms with van der Waals surface area (Å²) in [5, 5.41) is 3.50. The van der Waals surface area contributed by atoms with Crippen LogP contribution in [0.5, 0.6) is 0 Å². The molecule has 3 aliphatic rings. The standard InChI is InChI=1S/C10H20N4/c1-4-12-6-2-11-3-7-14-9-8-13(5-1)10(12)14/h10-11H,1-9H2. The van der Waals surface area contributed by atoms with E-state index in [9.17, 15) is 0 Å². The molecule has 0 aliphatic carbocycles. The van der Waals surface area contributed by atoms with Gasteiger partial charge in [0, 0.05) is 52.4 Å². The van der Waals surface area contributed by atoms with Gasteiger partial charge in [0.2, 0.25) is 0 Å². The van der Waals surface area contributed by atoms with E-state index in [1.165, 1.54) is 45.7 Å². The lowest BCUT2D eigenvalue weighted by Gasteiger charge is -2.44. The van der Waals surface area contributed by atoms with Gasteiger partial charge in [-0.2, -0.15) is 0 Å². The summed E-state index contributed by atoms with van der Waals surface area (Å²) in [4.78, 5) is 7.92. The minimum atomic E-state index is 0.644. The smallest absolute Gasteiger partial charge is 0.119 e. The molecule has 0 saturated carbocycles. The average Bonchev–Trinajstić information content (AvgIpc) is 2.57. The predicted molar refractivity (Wildman–Crippen MR) is 56.0 cm³/mol. The van der Waals surface area contributed by atoms with Gasteiger partial charge in [-0.25, -0.2) is 0 Å². The van der Waals surface area contributed by atoms with Crippen LogP contribution in [0.2, 0.25) is 0 Å². The Kier molecular flexibility index (Phi) is 2.45. The van der Waals surface area contributed by atoms with Crippen LogP contribution >= 0.6 is 0 Å². The molecular formula is C10H20N4. The zero-order valence-corrected chi connectivity index (χ0v) is 8.78. The summed E-state index contributed by atoms with van der Waals surface area (Å²) in [6.07, 6.45) is 2.00. The maximum atomic E-state index is 3.50. The van der Waals surface area contributed by atoms with Gasteiger partial charge >= 0.3 is 0 Å². The molecule has 14 heavy (non-hydrogen) atoms. The van der Waals surface area contributed by atoms with Crippen molar-refractivity contribution >= 4 is 0 Å². The number of nitrogens with zero attached hydrogens (tertiary/aromatic N) is 3. The van der Waals surface area contributed by atoms with E-state index >= 15 is 0 Å². The number of rotatable bonds is 0. The van der Waals surface area contributed by atoms with E-state index in [0.29, 0.717) is 6.29 Å². The molecule has 0 radical (unpaired) electrons. The summed E-state index contributed by atoms with van der Waals surface area (Å²) < 4.78 is 0. The third-order valence-corrected chi connectivity index (χ3v) is 3.70. The van der Waals surface area contributed by atoms with Crippen molar-refractivity contribution in [2.75, 3.05) is 52.4 Å². The monoisotopic (exact) mass is 196 g/mol. The summed E-state index contributed by atoms with van der Waals surface area (Å²) in [5.41, 5.74) is 0. The Balaban J connectivity index is 1.78. The van der Waals surface area contributed by atoms with Gasteiger partial charge in [0.25, 0.3) is 0 Å². The molecule has 80 valence electrons. The van der Waals surface area contributed by atoms with E-state index < -0.39 is 0 Å². The zero-order valence-electron chi connectivity index (χ0n) is 8.78. The molecule has 0 aromatic rings. The van der Waals surface area contributed by atoms with Crippen LogP contribution in [0.1, 0.15) is 6.42 Å². The average molecular weight is 196 g/mol. The molecule has 1 atom stereocenters. The molecule has 0 bridgehead atoms. The molecule has 3 rings (SSSR count). The Labute approximate surface area is 85.8 Å². The van der Waals surface area contributed by atoms with Crippen molar-refractivity contribution in [1.82, 2.24) is 20.0 Å². The highest BCUT2D eigenvalue weighted by Crippen LogP contribution is 2.22. The fourth-order valence-corrected chi connectivity index (χ4v) is 3.03. The van der Waals surface area contributed by atoms with Gasteiger partial charge in [0.05, 0.1) is 0 Å². The summed E-state index contributed by atoms with van der Waals surface area (Å²) in [7, 11) is 0. The molecule has 0 aromatic carbocycles. The fraction of sp³-hybridized carbons (Fsp3) is 1.00. The van der Waals surface area contributed by atoms with Gasteiger partial charge in [-0.1, -0.05) is 0 Å². The second-order valence-electron chi connectivity index (χ2n) is 4.56. The van der Waals surface area contributed by atoms with E-state index in [-0.39, 0.29) is 0 Å². The first-order chi connectivity index (χ1) is 6.95. The van der Waals surface area contributed by atoms with Crippen LogP contribution in [-0.2, 0) is 0 Å². The third kappa shape index (κ3) is 1.46. The van der Waals surface area contributed by atoms with Crippen molar-refractivity contribution in [3.8, 4) is 0 Å². The van der Waals surface area contributed by atoms with Crippen molar-refractivity contribution in [2.45, 2.75) is 12.7 Å². The Morgan fingerprint density at radius 3 is 2.00 bits per heavy atom. The minimum absolute atomic E-state index is 0.644. The molecular weight excluding hydrogens is 176 g/mol. The van der Waals surface area contributed by atoms with Crippen molar-refractivity contribution in [2.24, 2.45) is 0 Å². The predicted octanol–water partition coefficient (Wildman–Crippen LogP) is -0.803. The largest absolute Gasteiger partial charge is 0.314 e. The summed E-state index contributed by atoms with van der Waals surface area (Å²) >= 11 is 0. The molecule has 4 nitrogen and oxygen atoms in total. The summed E-state index contributed by atoms with van der Waals surface area (Å²) in [6.45, 7) is 9.92. The van der Waals surface area contributed by atoms with Crippen LogP contribution in [0.4, 0.5) is 0 Å². The van der Waals surface area contributed by atoms with Crippen LogP contribution in [-0.4, -0.2) is 73.3 Å². The Morgan fingerprint density at radius 2 is 1.29 bits per heavy atom. The van der Waals surface area contributed by atoms with Crippen molar-refractivity contribution in [3.05, 3.63) is 0 Å². The molecule has 0 amide bonds. The molecule has 3 fully saturated rings. The molecule has 1 unspecified atom stereocenters. The first kappa shape index (κ1) is 9.09. The lowest BCUT2D eigenvalue weighted by atomic mass is 10.2. The van der Waals surface area contributed by atoms with Gasteiger partial charge in [-0.15, -0.1) is 0 Å². The molecule has 3 aliphatic heterocycles. The van der Waals surface area contributed by atoms with Crippen molar-refractivity contribution in [1.29, 1.82) is 0 Å². The van der Waals surface area contributed by atoms with Crippen LogP contribution in [0.15, 0.2) is 0 Å². The molecule has 1 N–H and O–H groups in total. The first-order valence-corrected chi connectivity index (χ1v) is 5.88. The second kappa shape index (κ2) is 3.77. The molecule has 3 heterocycles. The molecule has 0 spiro atoms. The topological polar surface area (TPSA) is 21.8 Å². The zero-order chi connectivity index (χ0) is 9.38. The lowest BCUT2D eigenvalue weighted by Crippen LogP contribution is -2.59. The van der Waals surface area contributed by atoms with Crippen LogP contribution in [0.3, 0.4) is 0 Å². The third-order valence-electron chi connectivity index (χ3n) is 3.70. The van der Waals surface area contributed by atoms with E-state index in [4.69, 9.17) is 0 Å². The van der Waals surface area contributed by atoms with E-state index in [1.54, 1.807) is 0 Å².